The normalized spacial score (nSPS) is 12.6. The van der Waals surface area contributed by atoms with Crippen LogP contribution >= 0.6 is 0 Å². The van der Waals surface area contributed by atoms with Gasteiger partial charge in [-0.05, 0) is 0 Å². The first-order chi connectivity index (χ1) is 5.85. The molecule has 0 aromatic heterocycles. The summed E-state index contributed by atoms with van der Waals surface area (Å²) < 4.78 is 9.02. The second-order valence-electron chi connectivity index (χ2n) is 3.96. The molecule has 0 spiro atoms. The maximum atomic E-state index is 10.6. The van der Waals surface area contributed by atoms with Gasteiger partial charge in [-0.15, -0.1) is 8.07 Å². The Labute approximate surface area is 98.8 Å². The average molecular weight is 263 g/mol. The van der Waals surface area contributed by atoms with E-state index in [4.69, 9.17) is 12.6 Å². The summed E-state index contributed by atoms with van der Waals surface area (Å²) in [6.45, 7) is 6.71. The summed E-state index contributed by atoms with van der Waals surface area (Å²) >= 11 is 0. The van der Waals surface area contributed by atoms with Crippen molar-refractivity contribution in [3.8, 4) is 0 Å². The van der Waals surface area contributed by atoms with Crippen LogP contribution in [0.25, 0.3) is 0 Å². The molecular weight excluding hydrogens is 247 g/mol. The van der Waals surface area contributed by atoms with Gasteiger partial charge in [-0.3, -0.25) is 0 Å². The maximum Gasteiger partial charge on any atom is 1.00 e. The minimum atomic E-state index is -1.28. The number of hydrogen-bond donors (Lipinski definition) is 0. The van der Waals surface area contributed by atoms with Crippen molar-refractivity contribution in [3.63, 3.8) is 0 Å². The van der Waals surface area contributed by atoms with E-state index in [0.717, 1.165) is 0 Å². The van der Waals surface area contributed by atoms with Crippen molar-refractivity contribution in [2.24, 2.45) is 0 Å². The van der Waals surface area contributed by atoms with Gasteiger partial charge in [0.25, 0.3) is 0 Å². The first kappa shape index (κ1) is 16.5. The summed E-state index contributed by atoms with van der Waals surface area (Å²) in [4.78, 5) is 10.6. The number of methoxy groups -OCH3 is 1. The molecule has 0 N–H and O–H groups in total. The molecule has 0 aromatic carbocycles. The predicted octanol–water partition coefficient (Wildman–Crippen LogP) is 1.81. The molecule has 0 rings (SSSR count). The van der Waals surface area contributed by atoms with E-state index >= 15 is 0 Å². The maximum absolute atomic E-state index is 10.6. The third kappa shape index (κ3) is 10.2. The average Bonchev–Trinajstić information content (AvgIpc) is 1.97. The molecule has 0 heterocycles. The minimum Gasteiger partial charge on any atom is -0.438 e. The van der Waals surface area contributed by atoms with E-state index in [1.165, 1.54) is 7.11 Å². The van der Waals surface area contributed by atoms with Gasteiger partial charge in [0.15, 0.2) is 0 Å². The second-order valence-corrected chi connectivity index (χ2v) is 9.03. The van der Waals surface area contributed by atoms with Crippen molar-refractivity contribution < 1.29 is 31.3 Å². The van der Waals surface area contributed by atoms with Gasteiger partial charge in [0, 0.05) is 7.85 Å². The molecule has 0 fully saturated rings. The van der Waals surface area contributed by atoms with Gasteiger partial charge in [0.05, 0.1) is 13.7 Å². The first-order valence-electron chi connectivity index (χ1n) is 4.17. The standard InChI is InChI=1S/C8H16BO3Si.Cu/c1-11-8(10)12-5-7(9)6-13(2,3)4;/h6-7H,5H2,1-4H3;/q-1;+1/t7-;/m0./s1. The second kappa shape index (κ2) is 7.37. The Balaban J connectivity index is 0. The summed E-state index contributed by atoms with van der Waals surface area (Å²) in [5.41, 5.74) is 0. The largest absolute Gasteiger partial charge is 1.00 e. The summed E-state index contributed by atoms with van der Waals surface area (Å²) in [5.74, 6) is -0.189. The third-order valence-corrected chi connectivity index (χ3v) is 2.70. The van der Waals surface area contributed by atoms with E-state index in [-0.39, 0.29) is 29.5 Å². The molecule has 0 bridgehead atoms. The van der Waals surface area contributed by atoms with Crippen LogP contribution in [0.5, 0.6) is 0 Å². The molecule has 14 heavy (non-hydrogen) atoms. The van der Waals surface area contributed by atoms with Gasteiger partial charge in [-0.1, -0.05) is 19.6 Å². The van der Waals surface area contributed by atoms with Crippen LogP contribution in [-0.4, -0.2) is 35.8 Å². The van der Waals surface area contributed by atoms with E-state index < -0.39 is 14.2 Å². The summed E-state index contributed by atoms with van der Waals surface area (Å²) in [7, 11) is 5.70. The van der Waals surface area contributed by atoms with Crippen LogP contribution in [-0.2, 0) is 26.5 Å². The van der Waals surface area contributed by atoms with Gasteiger partial charge in [0.1, 0.15) is 0 Å². The van der Waals surface area contributed by atoms with Crippen LogP contribution in [0.2, 0.25) is 25.5 Å². The number of rotatable bonds is 4. The zero-order chi connectivity index (χ0) is 10.5. The van der Waals surface area contributed by atoms with E-state index in [9.17, 15) is 4.79 Å². The van der Waals surface area contributed by atoms with Crippen molar-refractivity contribution in [2.45, 2.75) is 25.5 Å². The molecule has 0 aliphatic rings. The van der Waals surface area contributed by atoms with Crippen LogP contribution < -0.4 is 0 Å². The number of hydrogen-bond acceptors (Lipinski definition) is 3. The van der Waals surface area contributed by atoms with Crippen molar-refractivity contribution in [1.29, 1.82) is 0 Å². The monoisotopic (exact) mass is 262 g/mol. The molecule has 0 unspecified atom stereocenters. The molecule has 0 aromatic rings. The van der Waals surface area contributed by atoms with Crippen LogP contribution in [0, 0.1) is 6.04 Å². The van der Waals surface area contributed by atoms with Crippen LogP contribution in [0.3, 0.4) is 0 Å². The van der Waals surface area contributed by atoms with Crippen molar-refractivity contribution in [1.82, 2.24) is 0 Å². The molecule has 3 nitrogen and oxygen atoms in total. The molecule has 0 aliphatic heterocycles. The SMILES string of the molecule is [B][C@H]([CH-][Si](C)(C)C)COC(=O)OC.[Cu+]. The zero-order valence-electron chi connectivity index (χ0n) is 8.97. The molecule has 6 heteroatoms. The van der Waals surface area contributed by atoms with Crippen LogP contribution in [0.1, 0.15) is 0 Å². The molecule has 0 aliphatic carbocycles. The van der Waals surface area contributed by atoms with Gasteiger partial charge in [-0.25, -0.2) is 4.79 Å². The quantitative estimate of drug-likeness (QED) is 0.440. The van der Waals surface area contributed by atoms with E-state index in [1.54, 1.807) is 0 Å². The van der Waals surface area contributed by atoms with E-state index in [0.29, 0.717) is 0 Å². The Morgan fingerprint density at radius 2 is 2.00 bits per heavy atom. The van der Waals surface area contributed by atoms with Gasteiger partial charge in [-0.2, -0.15) is 5.82 Å². The number of ether oxygens (including phenoxy) is 2. The Hall–Kier alpha value is 0.0713. The fourth-order valence-corrected chi connectivity index (χ4v) is 2.29. The first-order valence-corrected chi connectivity index (χ1v) is 7.75. The minimum absolute atomic E-state index is 0. The Bertz CT molecular complexity index is 172. The van der Waals surface area contributed by atoms with Crippen LogP contribution in [0.15, 0.2) is 0 Å². The summed E-state index contributed by atoms with van der Waals surface area (Å²) in [6.07, 6.45) is -0.681. The topological polar surface area (TPSA) is 35.5 Å². The third-order valence-electron chi connectivity index (χ3n) is 1.27. The predicted molar refractivity (Wildman–Crippen MR) is 55.5 cm³/mol. The molecule has 84 valence electrons. The van der Waals surface area contributed by atoms with E-state index in [2.05, 4.69) is 30.4 Å². The van der Waals surface area contributed by atoms with Gasteiger partial charge < -0.3 is 15.5 Å². The fraction of sp³-hybridized carbons (Fsp3) is 0.750. The Morgan fingerprint density at radius 3 is 2.36 bits per heavy atom. The van der Waals surface area contributed by atoms with Crippen molar-refractivity contribution in [2.75, 3.05) is 13.7 Å². The summed E-state index contributed by atoms with van der Waals surface area (Å²) in [6, 6.07) is 2.07. The van der Waals surface area contributed by atoms with Gasteiger partial charge >= 0.3 is 23.2 Å². The molecule has 0 amide bonds. The number of carbonyl (C=O) groups is 1. The Kier molecular flexibility index (Phi) is 8.69. The molecule has 0 saturated heterocycles. The van der Waals surface area contributed by atoms with E-state index in [1.807, 2.05) is 0 Å². The fourth-order valence-electron chi connectivity index (χ4n) is 0.914. The van der Waals surface area contributed by atoms with Crippen molar-refractivity contribution >= 4 is 22.1 Å². The summed E-state index contributed by atoms with van der Waals surface area (Å²) in [5, 5.41) is 0. The van der Waals surface area contributed by atoms with Crippen LogP contribution in [0.4, 0.5) is 4.79 Å². The smallest absolute Gasteiger partial charge is 0.438 e. The molecule has 1 atom stereocenters. The zero-order valence-corrected chi connectivity index (χ0v) is 10.9. The number of carbonyl (C=O) groups excluding carboxylic acids is 1. The molecule has 2 radical (unpaired) electrons. The Morgan fingerprint density at radius 1 is 1.50 bits per heavy atom. The molecular formula is C8H16BCuO3Si. The van der Waals surface area contributed by atoms with Gasteiger partial charge in [0.2, 0.25) is 0 Å². The molecule has 0 saturated carbocycles. The van der Waals surface area contributed by atoms with Crippen molar-refractivity contribution in [3.05, 3.63) is 6.04 Å².